The number of methoxy groups -OCH3 is 2. The van der Waals surface area contributed by atoms with E-state index in [2.05, 4.69) is 36.8 Å². The summed E-state index contributed by atoms with van der Waals surface area (Å²) >= 11 is 0. The van der Waals surface area contributed by atoms with Gasteiger partial charge in [0.1, 0.15) is 0 Å². The van der Waals surface area contributed by atoms with E-state index in [1.54, 1.807) is 14.2 Å². The molecular formula is C18H44N2O3Si2. The predicted octanol–water partition coefficient (Wildman–Crippen LogP) is 3.45. The topological polar surface area (TPSA) is 51.8 Å². The predicted molar refractivity (Wildman–Crippen MR) is 114 cm³/mol. The van der Waals surface area contributed by atoms with Crippen molar-refractivity contribution in [3.8, 4) is 0 Å². The maximum atomic E-state index is 6.70. The second-order valence-corrected chi connectivity index (χ2v) is 16.9. The summed E-state index contributed by atoms with van der Waals surface area (Å²) in [6, 6.07) is 2.49. The smallest absolute Gasteiger partial charge is 0.173 e. The van der Waals surface area contributed by atoms with E-state index >= 15 is 0 Å². The van der Waals surface area contributed by atoms with Crippen molar-refractivity contribution in [3.63, 3.8) is 0 Å². The van der Waals surface area contributed by atoms with Crippen molar-refractivity contribution in [2.45, 2.75) is 64.0 Å². The largest absolute Gasteiger partial charge is 0.455 e. The van der Waals surface area contributed by atoms with Crippen molar-refractivity contribution in [2.24, 2.45) is 0 Å². The number of hydrogen-bond acceptors (Lipinski definition) is 5. The molecule has 152 valence electrons. The lowest BCUT2D eigenvalue weighted by molar-refractivity contribution is 0.194. The summed E-state index contributed by atoms with van der Waals surface area (Å²) in [5, 5.41) is 7.00. The van der Waals surface area contributed by atoms with E-state index < -0.39 is 16.6 Å². The van der Waals surface area contributed by atoms with Gasteiger partial charge in [-0.2, -0.15) is 0 Å². The second kappa shape index (κ2) is 15.3. The number of hydrogen-bond donors (Lipinski definition) is 2. The first-order valence-corrected chi connectivity index (χ1v) is 16.2. The van der Waals surface area contributed by atoms with Crippen LogP contribution in [0, 0.1) is 0 Å². The van der Waals surface area contributed by atoms with Crippen LogP contribution in [0.15, 0.2) is 0 Å². The van der Waals surface area contributed by atoms with Gasteiger partial charge in [-0.3, -0.25) is 0 Å². The Kier molecular flexibility index (Phi) is 15.5. The fraction of sp³-hybridized carbons (Fsp3) is 1.00. The molecule has 0 aromatic carbocycles. The van der Waals surface area contributed by atoms with Crippen LogP contribution in [0.3, 0.4) is 0 Å². The molecule has 2 N–H and O–H groups in total. The van der Waals surface area contributed by atoms with Crippen LogP contribution in [0.1, 0.15) is 25.7 Å². The van der Waals surface area contributed by atoms with Crippen LogP contribution in [0.25, 0.3) is 0 Å². The summed E-state index contributed by atoms with van der Waals surface area (Å²) in [5.41, 5.74) is 0. The van der Waals surface area contributed by atoms with Gasteiger partial charge in [-0.15, -0.1) is 0 Å². The van der Waals surface area contributed by atoms with E-state index in [1.165, 1.54) is 24.9 Å². The molecule has 0 bridgehead atoms. The van der Waals surface area contributed by atoms with Crippen molar-refractivity contribution in [2.75, 3.05) is 53.6 Å². The highest BCUT2D eigenvalue weighted by atomic mass is 28.4. The minimum Gasteiger partial charge on any atom is -0.455 e. The summed E-state index contributed by atoms with van der Waals surface area (Å²) in [5.74, 6) is 0. The Bertz CT molecular complexity index is 278. The Morgan fingerprint density at radius 3 is 1.32 bits per heavy atom. The molecule has 7 heteroatoms. The summed E-state index contributed by atoms with van der Waals surface area (Å²) in [7, 11) is 0.437. The molecule has 5 nitrogen and oxygen atoms in total. The molecule has 0 saturated carbocycles. The van der Waals surface area contributed by atoms with E-state index in [4.69, 9.17) is 13.6 Å². The van der Waals surface area contributed by atoms with Crippen LogP contribution in [0.4, 0.5) is 0 Å². The molecule has 0 aromatic rings. The van der Waals surface area contributed by atoms with Gasteiger partial charge < -0.3 is 24.2 Å². The van der Waals surface area contributed by atoms with Gasteiger partial charge in [-0.05, 0) is 90.1 Å². The lowest BCUT2D eigenvalue weighted by Gasteiger charge is -2.34. The van der Waals surface area contributed by atoms with Crippen molar-refractivity contribution >= 4 is 16.6 Å². The van der Waals surface area contributed by atoms with Gasteiger partial charge >= 0.3 is 0 Å². The minimum absolute atomic E-state index is 0.845. The molecule has 0 aromatic heterocycles. The van der Waals surface area contributed by atoms with Gasteiger partial charge in [0.15, 0.2) is 16.6 Å². The average molecular weight is 393 g/mol. The van der Waals surface area contributed by atoms with Crippen LogP contribution in [-0.4, -0.2) is 70.2 Å². The van der Waals surface area contributed by atoms with Gasteiger partial charge in [0, 0.05) is 27.4 Å². The van der Waals surface area contributed by atoms with E-state index in [9.17, 15) is 0 Å². The fourth-order valence-corrected chi connectivity index (χ4v) is 11.9. The highest BCUT2D eigenvalue weighted by Gasteiger charge is 2.32. The summed E-state index contributed by atoms with van der Waals surface area (Å²) in [4.78, 5) is 0. The summed E-state index contributed by atoms with van der Waals surface area (Å²) in [6.07, 6.45) is 4.62. The first-order valence-electron chi connectivity index (χ1n) is 9.92. The van der Waals surface area contributed by atoms with Gasteiger partial charge in [0.25, 0.3) is 0 Å². The zero-order valence-electron chi connectivity index (χ0n) is 17.7. The third kappa shape index (κ3) is 17.4. The van der Waals surface area contributed by atoms with Gasteiger partial charge in [-0.25, -0.2) is 0 Å². The van der Waals surface area contributed by atoms with E-state index in [0.29, 0.717) is 0 Å². The van der Waals surface area contributed by atoms with E-state index in [-0.39, 0.29) is 0 Å². The molecule has 0 atom stereocenters. The SMILES string of the molecule is COCCCNCCC[Si](C)(C)O[Si](C)(C)CCCNCCCOC. The highest BCUT2D eigenvalue weighted by Crippen LogP contribution is 2.23. The van der Waals surface area contributed by atoms with Crippen LogP contribution in [0.2, 0.25) is 38.3 Å². The third-order valence-corrected chi connectivity index (χ3v) is 11.8. The zero-order chi connectivity index (χ0) is 19.0. The Hall–Kier alpha value is 0.234. The number of nitrogens with one attached hydrogen (secondary N) is 2. The van der Waals surface area contributed by atoms with E-state index in [0.717, 1.165) is 52.2 Å². The zero-order valence-corrected chi connectivity index (χ0v) is 19.7. The Morgan fingerprint density at radius 1 is 0.600 bits per heavy atom. The van der Waals surface area contributed by atoms with Crippen molar-refractivity contribution < 1.29 is 13.6 Å². The minimum atomic E-state index is -1.54. The monoisotopic (exact) mass is 392 g/mol. The molecule has 0 unspecified atom stereocenters. The number of ether oxygens (including phenoxy) is 2. The fourth-order valence-electron chi connectivity index (χ4n) is 3.06. The van der Waals surface area contributed by atoms with E-state index in [1.807, 2.05) is 0 Å². The van der Waals surface area contributed by atoms with Gasteiger partial charge in [-0.1, -0.05) is 0 Å². The molecule has 0 spiro atoms. The third-order valence-electron chi connectivity index (χ3n) is 4.22. The highest BCUT2D eigenvalue weighted by molar-refractivity contribution is 6.84. The molecule has 0 aliphatic rings. The first kappa shape index (κ1) is 25.2. The molecule has 25 heavy (non-hydrogen) atoms. The Labute approximate surface area is 158 Å². The van der Waals surface area contributed by atoms with Crippen LogP contribution >= 0.6 is 0 Å². The van der Waals surface area contributed by atoms with Crippen LogP contribution < -0.4 is 10.6 Å². The molecule has 0 radical (unpaired) electrons. The van der Waals surface area contributed by atoms with Gasteiger partial charge in [0.05, 0.1) is 0 Å². The molecule has 0 saturated heterocycles. The van der Waals surface area contributed by atoms with Gasteiger partial charge in [0.2, 0.25) is 0 Å². The normalized spacial score (nSPS) is 12.7. The maximum absolute atomic E-state index is 6.70. The Balaban J connectivity index is 3.77. The van der Waals surface area contributed by atoms with Crippen LogP contribution in [0.5, 0.6) is 0 Å². The molecule has 0 aliphatic carbocycles. The molecule has 0 aliphatic heterocycles. The van der Waals surface area contributed by atoms with Crippen molar-refractivity contribution in [3.05, 3.63) is 0 Å². The Morgan fingerprint density at radius 2 is 0.960 bits per heavy atom. The van der Waals surface area contributed by atoms with Crippen molar-refractivity contribution in [1.29, 1.82) is 0 Å². The molecule has 0 rings (SSSR count). The molecule has 0 heterocycles. The van der Waals surface area contributed by atoms with Crippen LogP contribution in [-0.2, 0) is 13.6 Å². The molecule has 0 amide bonds. The lowest BCUT2D eigenvalue weighted by Crippen LogP contribution is -2.44. The molecular weight excluding hydrogens is 348 g/mol. The summed E-state index contributed by atoms with van der Waals surface area (Å²) < 4.78 is 16.8. The van der Waals surface area contributed by atoms with Crippen molar-refractivity contribution in [1.82, 2.24) is 10.6 Å². The maximum Gasteiger partial charge on any atom is 0.173 e. The first-order chi connectivity index (χ1) is 11.8. The lowest BCUT2D eigenvalue weighted by atomic mass is 10.4. The summed E-state index contributed by atoms with van der Waals surface area (Å²) in [6.45, 7) is 15.5. The molecule has 0 fully saturated rings. The number of rotatable bonds is 18. The quantitative estimate of drug-likeness (QED) is 0.276. The average Bonchev–Trinajstić information content (AvgIpc) is 2.52. The standard InChI is InChI=1S/C18H44N2O3Si2/c1-21-15-7-11-19-13-9-17-24(3,4)23-25(5,6)18-10-14-20-12-8-16-22-2/h19-20H,7-18H2,1-6H3. The second-order valence-electron chi connectivity index (χ2n) is 8.02.